The molecule has 1 aromatic carbocycles. The van der Waals surface area contributed by atoms with Crippen LogP contribution in [0.1, 0.15) is 11.3 Å². The monoisotopic (exact) mass is 462 g/mol. The summed E-state index contributed by atoms with van der Waals surface area (Å²) in [6.45, 7) is 6.45. The molecule has 8 nitrogen and oxygen atoms in total. The van der Waals surface area contributed by atoms with E-state index in [1.54, 1.807) is 0 Å². The summed E-state index contributed by atoms with van der Waals surface area (Å²) < 4.78 is 1.91. The maximum absolute atomic E-state index is 5.05. The summed E-state index contributed by atoms with van der Waals surface area (Å²) >= 11 is 0. The second-order valence-electron chi connectivity index (χ2n) is 8.76. The van der Waals surface area contributed by atoms with Gasteiger partial charge in [-0.25, -0.2) is 9.67 Å². The number of nitrogens with one attached hydrogen (secondary N) is 1. The molecule has 6 rings (SSSR count). The van der Waals surface area contributed by atoms with E-state index < -0.39 is 0 Å². The van der Waals surface area contributed by atoms with Crippen molar-refractivity contribution in [3.05, 3.63) is 84.2 Å². The maximum Gasteiger partial charge on any atom is 0.141 e. The number of anilines is 1. The van der Waals surface area contributed by atoms with Crippen LogP contribution in [0.3, 0.4) is 0 Å². The Kier molecular flexibility index (Phi) is 5.64. The van der Waals surface area contributed by atoms with Crippen molar-refractivity contribution in [1.29, 1.82) is 0 Å². The van der Waals surface area contributed by atoms with Crippen LogP contribution in [-0.2, 0) is 6.54 Å². The molecular formula is C27H26N8. The largest absolute Gasteiger partial charge is 0.368 e. The van der Waals surface area contributed by atoms with Crippen molar-refractivity contribution in [2.45, 2.75) is 13.5 Å². The van der Waals surface area contributed by atoms with Crippen LogP contribution in [0.25, 0.3) is 33.8 Å². The van der Waals surface area contributed by atoms with Crippen LogP contribution in [0, 0.1) is 6.92 Å². The summed E-state index contributed by atoms with van der Waals surface area (Å²) in [6.07, 6.45) is 1.94. The van der Waals surface area contributed by atoms with Crippen molar-refractivity contribution < 1.29 is 0 Å². The number of hydrogen-bond donors (Lipinski definition) is 1. The number of pyridine rings is 3. The molecule has 0 spiro atoms. The molecule has 1 aliphatic rings. The Morgan fingerprint density at radius 3 is 2.54 bits per heavy atom. The highest BCUT2D eigenvalue weighted by molar-refractivity contribution is 5.83. The number of hydrogen-bond acceptors (Lipinski definition) is 7. The molecule has 0 radical (unpaired) electrons. The molecule has 1 saturated heterocycles. The van der Waals surface area contributed by atoms with Crippen molar-refractivity contribution in [3.63, 3.8) is 0 Å². The minimum absolute atomic E-state index is 0.591. The highest BCUT2D eigenvalue weighted by atomic mass is 15.4. The number of benzene rings is 1. The molecule has 174 valence electrons. The van der Waals surface area contributed by atoms with E-state index in [9.17, 15) is 0 Å². The van der Waals surface area contributed by atoms with Gasteiger partial charge < -0.3 is 10.2 Å². The second kappa shape index (κ2) is 9.23. The van der Waals surface area contributed by atoms with Crippen molar-refractivity contribution in [2.75, 3.05) is 31.1 Å². The topological polar surface area (TPSA) is 84.7 Å². The van der Waals surface area contributed by atoms with E-state index in [1.165, 1.54) is 0 Å². The van der Waals surface area contributed by atoms with Crippen LogP contribution in [0.5, 0.6) is 0 Å². The quantitative estimate of drug-likeness (QED) is 0.426. The molecule has 0 bridgehead atoms. The third-order valence-electron chi connectivity index (χ3n) is 6.29. The van der Waals surface area contributed by atoms with Gasteiger partial charge in [0.25, 0.3) is 0 Å². The lowest BCUT2D eigenvalue weighted by molar-refractivity contribution is 0.589. The molecule has 1 aliphatic heterocycles. The van der Waals surface area contributed by atoms with Crippen molar-refractivity contribution in [3.8, 4) is 22.8 Å². The predicted octanol–water partition coefficient (Wildman–Crippen LogP) is 3.72. The van der Waals surface area contributed by atoms with Crippen LogP contribution >= 0.6 is 0 Å². The average molecular weight is 463 g/mol. The molecule has 0 amide bonds. The molecule has 1 fully saturated rings. The van der Waals surface area contributed by atoms with Gasteiger partial charge in [0.1, 0.15) is 11.4 Å². The lowest BCUT2D eigenvalue weighted by Gasteiger charge is -2.29. The normalized spacial score (nSPS) is 13.9. The Bertz CT molecular complexity index is 1470. The lowest BCUT2D eigenvalue weighted by atomic mass is 10.1. The minimum atomic E-state index is 0.591. The van der Waals surface area contributed by atoms with Gasteiger partial charge in [0, 0.05) is 31.9 Å². The van der Waals surface area contributed by atoms with Crippen LogP contribution in [0.2, 0.25) is 0 Å². The number of aryl methyl sites for hydroxylation is 1. The van der Waals surface area contributed by atoms with Gasteiger partial charge in [-0.2, -0.15) is 0 Å². The summed E-state index contributed by atoms with van der Waals surface area (Å²) in [6, 6.07) is 22.4. The van der Waals surface area contributed by atoms with E-state index in [4.69, 9.17) is 9.97 Å². The fraction of sp³-hybridized carbons (Fsp3) is 0.222. The first-order valence-electron chi connectivity index (χ1n) is 11.9. The Morgan fingerprint density at radius 2 is 1.71 bits per heavy atom. The van der Waals surface area contributed by atoms with Crippen LogP contribution in [0.4, 0.5) is 5.69 Å². The SMILES string of the molecule is Cc1cccc(-c2nnn(Cc3ccccc3)c2-c2ccc3ncc(N4CCNCC4)cc3n2)n1. The Hall–Kier alpha value is -4.17. The van der Waals surface area contributed by atoms with Gasteiger partial charge in [-0.05, 0) is 42.8 Å². The Labute approximate surface area is 203 Å². The van der Waals surface area contributed by atoms with E-state index in [2.05, 4.69) is 43.7 Å². The molecule has 5 heterocycles. The summed E-state index contributed by atoms with van der Waals surface area (Å²) in [4.78, 5) is 16.8. The third-order valence-corrected chi connectivity index (χ3v) is 6.29. The predicted molar refractivity (Wildman–Crippen MR) is 137 cm³/mol. The van der Waals surface area contributed by atoms with Gasteiger partial charge in [0.05, 0.1) is 40.9 Å². The average Bonchev–Trinajstić information content (AvgIpc) is 3.32. The lowest BCUT2D eigenvalue weighted by Crippen LogP contribution is -2.43. The number of aromatic nitrogens is 6. The van der Waals surface area contributed by atoms with E-state index in [0.29, 0.717) is 6.54 Å². The van der Waals surface area contributed by atoms with Crippen molar-refractivity contribution in [2.24, 2.45) is 0 Å². The second-order valence-corrected chi connectivity index (χ2v) is 8.76. The van der Waals surface area contributed by atoms with Crippen molar-refractivity contribution >= 4 is 16.7 Å². The van der Waals surface area contributed by atoms with E-state index >= 15 is 0 Å². The molecule has 1 N–H and O–H groups in total. The summed E-state index contributed by atoms with van der Waals surface area (Å²) in [5, 5.41) is 12.5. The Balaban J connectivity index is 1.47. The fourth-order valence-corrected chi connectivity index (χ4v) is 4.50. The van der Waals surface area contributed by atoms with Crippen molar-refractivity contribution in [1.82, 2.24) is 35.3 Å². The zero-order chi connectivity index (χ0) is 23.6. The minimum Gasteiger partial charge on any atom is -0.368 e. The number of fused-ring (bicyclic) bond motifs is 1. The molecule has 0 saturated carbocycles. The molecular weight excluding hydrogens is 436 g/mol. The number of rotatable bonds is 5. The molecule has 0 aliphatic carbocycles. The van der Waals surface area contributed by atoms with E-state index in [-0.39, 0.29) is 0 Å². The van der Waals surface area contributed by atoms with E-state index in [0.717, 1.165) is 76.9 Å². The third kappa shape index (κ3) is 4.36. The molecule has 0 atom stereocenters. The first kappa shape index (κ1) is 21.4. The first-order chi connectivity index (χ1) is 17.2. The van der Waals surface area contributed by atoms with Gasteiger partial charge in [0.2, 0.25) is 0 Å². The van der Waals surface area contributed by atoms with Gasteiger partial charge >= 0.3 is 0 Å². The van der Waals surface area contributed by atoms with Crippen LogP contribution in [0.15, 0.2) is 72.9 Å². The highest BCUT2D eigenvalue weighted by Crippen LogP contribution is 2.30. The molecule has 4 aromatic heterocycles. The zero-order valence-corrected chi connectivity index (χ0v) is 19.6. The van der Waals surface area contributed by atoms with Crippen LogP contribution < -0.4 is 10.2 Å². The summed E-state index contributed by atoms with van der Waals surface area (Å²) in [5.74, 6) is 0. The summed E-state index contributed by atoms with van der Waals surface area (Å²) in [7, 11) is 0. The number of nitrogens with zero attached hydrogens (tertiary/aromatic N) is 7. The molecule has 35 heavy (non-hydrogen) atoms. The van der Waals surface area contributed by atoms with Gasteiger partial charge in [-0.15, -0.1) is 5.10 Å². The van der Waals surface area contributed by atoms with E-state index in [1.807, 2.05) is 66.3 Å². The van der Waals surface area contributed by atoms with Gasteiger partial charge in [0.15, 0.2) is 0 Å². The molecule has 8 heteroatoms. The summed E-state index contributed by atoms with van der Waals surface area (Å²) in [5.41, 5.74) is 8.06. The maximum atomic E-state index is 5.05. The fourth-order valence-electron chi connectivity index (χ4n) is 4.50. The molecule has 0 unspecified atom stereocenters. The standard InChI is InChI=1S/C27H26N8/c1-19-6-5-9-23(30-19)26-27(35(33-32-26)18-20-7-3-2-4-8-20)24-11-10-22-25(31-24)16-21(17-29-22)34-14-12-28-13-15-34/h2-11,16-17,28H,12-15,18H2,1H3. The zero-order valence-electron chi connectivity index (χ0n) is 19.6. The number of piperazine rings is 1. The Morgan fingerprint density at radius 1 is 0.857 bits per heavy atom. The van der Waals surface area contributed by atoms with Crippen LogP contribution in [-0.4, -0.2) is 56.1 Å². The first-order valence-corrected chi connectivity index (χ1v) is 11.9. The smallest absolute Gasteiger partial charge is 0.141 e. The van der Waals surface area contributed by atoms with Gasteiger partial charge in [-0.3, -0.25) is 9.97 Å². The highest BCUT2D eigenvalue weighted by Gasteiger charge is 2.20. The molecule has 5 aromatic rings. The van der Waals surface area contributed by atoms with Gasteiger partial charge in [-0.1, -0.05) is 41.6 Å².